The minimum absolute atomic E-state index is 0.0500. The Balaban J connectivity index is 1.79. The lowest BCUT2D eigenvalue weighted by Crippen LogP contribution is -2.34. The molecule has 2 amide bonds. The van der Waals surface area contributed by atoms with Gasteiger partial charge >= 0.3 is 6.03 Å². The largest absolute Gasteiger partial charge is 0.506 e. The standard InChI is InChI=1S/C17H15ClN2O4/c18-14-8-13(6-7-15(14)21)19-17(22)20(16-10-23-11-24-16)9-12-4-2-1-3-5-12/h1-8,10,21H,9,11H2,(H,19,22). The van der Waals surface area contributed by atoms with E-state index in [9.17, 15) is 9.90 Å². The van der Waals surface area contributed by atoms with Crippen molar-refractivity contribution in [1.82, 2.24) is 4.90 Å². The number of amides is 2. The molecular weight excluding hydrogens is 332 g/mol. The lowest BCUT2D eigenvalue weighted by molar-refractivity contribution is 0.0554. The van der Waals surface area contributed by atoms with Gasteiger partial charge in [0.15, 0.2) is 0 Å². The minimum atomic E-state index is -0.405. The summed E-state index contributed by atoms with van der Waals surface area (Å²) < 4.78 is 10.4. The molecule has 0 unspecified atom stereocenters. The van der Waals surface area contributed by atoms with Crippen molar-refractivity contribution in [3.05, 3.63) is 71.3 Å². The number of anilines is 1. The van der Waals surface area contributed by atoms with Crippen LogP contribution in [0.15, 0.2) is 60.7 Å². The summed E-state index contributed by atoms with van der Waals surface area (Å²) in [6, 6.07) is 13.5. The third kappa shape index (κ3) is 3.72. The molecule has 7 heteroatoms. The number of hydrogen-bond acceptors (Lipinski definition) is 4. The van der Waals surface area contributed by atoms with Crippen LogP contribution in [-0.4, -0.2) is 22.8 Å². The first kappa shape index (κ1) is 16.0. The predicted molar refractivity (Wildman–Crippen MR) is 89.2 cm³/mol. The second-order valence-corrected chi connectivity index (χ2v) is 5.46. The zero-order chi connectivity index (χ0) is 16.9. The van der Waals surface area contributed by atoms with Crippen LogP contribution in [0.25, 0.3) is 0 Å². The first-order valence-corrected chi connectivity index (χ1v) is 7.57. The van der Waals surface area contributed by atoms with E-state index in [2.05, 4.69) is 5.32 Å². The number of nitrogens with one attached hydrogen (secondary N) is 1. The van der Waals surface area contributed by atoms with Gasteiger partial charge in [0.2, 0.25) is 12.7 Å². The number of ether oxygens (including phenoxy) is 2. The van der Waals surface area contributed by atoms with Gasteiger partial charge in [-0.05, 0) is 23.8 Å². The van der Waals surface area contributed by atoms with Crippen molar-refractivity contribution in [3.8, 4) is 5.75 Å². The van der Waals surface area contributed by atoms with Gasteiger partial charge in [-0.3, -0.25) is 4.90 Å². The van der Waals surface area contributed by atoms with Crippen LogP contribution in [0, 0.1) is 0 Å². The summed E-state index contributed by atoms with van der Waals surface area (Å²) in [4.78, 5) is 14.1. The van der Waals surface area contributed by atoms with Crippen molar-refractivity contribution in [2.45, 2.75) is 6.54 Å². The normalized spacial score (nSPS) is 12.8. The molecule has 0 atom stereocenters. The highest BCUT2D eigenvalue weighted by molar-refractivity contribution is 6.32. The molecule has 0 saturated heterocycles. The molecule has 1 heterocycles. The molecule has 0 saturated carbocycles. The highest BCUT2D eigenvalue weighted by Gasteiger charge is 2.23. The lowest BCUT2D eigenvalue weighted by atomic mass is 10.2. The predicted octanol–water partition coefficient (Wildman–Crippen LogP) is 3.88. The average Bonchev–Trinajstić information content (AvgIpc) is 3.11. The summed E-state index contributed by atoms with van der Waals surface area (Å²) >= 11 is 5.86. The number of phenols is 1. The van der Waals surface area contributed by atoms with Crippen molar-refractivity contribution in [2.24, 2.45) is 0 Å². The third-order valence-corrected chi connectivity index (χ3v) is 3.66. The molecule has 0 aromatic heterocycles. The Bertz CT molecular complexity index is 764. The van der Waals surface area contributed by atoms with E-state index >= 15 is 0 Å². The number of rotatable bonds is 4. The van der Waals surface area contributed by atoms with Crippen LogP contribution in [0.5, 0.6) is 5.75 Å². The molecule has 124 valence electrons. The Morgan fingerprint density at radius 1 is 1.25 bits per heavy atom. The molecule has 0 radical (unpaired) electrons. The van der Waals surface area contributed by atoms with Gasteiger partial charge in [0, 0.05) is 5.69 Å². The summed E-state index contributed by atoms with van der Waals surface area (Å²) in [5, 5.41) is 12.3. The molecule has 1 aliphatic rings. The molecule has 1 aliphatic heterocycles. The maximum absolute atomic E-state index is 12.6. The van der Waals surface area contributed by atoms with E-state index in [0.717, 1.165) is 5.56 Å². The summed E-state index contributed by atoms with van der Waals surface area (Å²) in [6.45, 7) is 0.382. The maximum atomic E-state index is 12.6. The molecule has 0 spiro atoms. The summed E-state index contributed by atoms with van der Waals surface area (Å²) in [7, 11) is 0. The Morgan fingerprint density at radius 3 is 2.71 bits per heavy atom. The Morgan fingerprint density at radius 2 is 2.04 bits per heavy atom. The molecule has 2 aromatic rings. The zero-order valence-corrected chi connectivity index (χ0v) is 13.4. The van der Waals surface area contributed by atoms with E-state index in [1.54, 1.807) is 6.07 Å². The molecule has 24 heavy (non-hydrogen) atoms. The van der Waals surface area contributed by atoms with Gasteiger partial charge in [-0.1, -0.05) is 41.9 Å². The number of carbonyl (C=O) groups is 1. The lowest BCUT2D eigenvalue weighted by Gasteiger charge is -2.22. The fourth-order valence-electron chi connectivity index (χ4n) is 2.17. The quantitative estimate of drug-likeness (QED) is 0.824. The molecule has 0 aliphatic carbocycles. The number of aromatic hydroxyl groups is 1. The number of halogens is 1. The number of nitrogens with zero attached hydrogens (tertiary/aromatic N) is 1. The van der Waals surface area contributed by atoms with Gasteiger partial charge in [0.25, 0.3) is 0 Å². The Hall–Kier alpha value is -2.86. The number of benzene rings is 2. The molecule has 0 bridgehead atoms. The summed E-state index contributed by atoms with van der Waals surface area (Å²) in [5.41, 5.74) is 1.40. The molecule has 6 nitrogen and oxygen atoms in total. The van der Waals surface area contributed by atoms with Gasteiger partial charge in [-0.2, -0.15) is 0 Å². The van der Waals surface area contributed by atoms with Crippen molar-refractivity contribution < 1.29 is 19.4 Å². The smallest absolute Gasteiger partial charge is 0.329 e. The Kier molecular flexibility index (Phi) is 4.77. The van der Waals surface area contributed by atoms with Crippen LogP contribution in [0.3, 0.4) is 0 Å². The van der Waals surface area contributed by atoms with Gasteiger partial charge < -0.3 is 19.9 Å². The maximum Gasteiger partial charge on any atom is 0.329 e. The molecule has 2 N–H and O–H groups in total. The Labute approximate surface area is 143 Å². The van der Waals surface area contributed by atoms with Crippen LogP contribution < -0.4 is 5.32 Å². The monoisotopic (exact) mass is 346 g/mol. The van der Waals surface area contributed by atoms with Crippen LogP contribution >= 0.6 is 11.6 Å². The van der Waals surface area contributed by atoms with Gasteiger partial charge in [0.05, 0.1) is 11.6 Å². The van der Waals surface area contributed by atoms with Gasteiger partial charge in [-0.25, -0.2) is 4.79 Å². The van der Waals surface area contributed by atoms with E-state index in [-0.39, 0.29) is 17.6 Å². The number of phenolic OH excluding ortho intramolecular Hbond substituents is 1. The van der Waals surface area contributed by atoms with E-state index in [4.69, 9.17) is 21.1 Å². The van der Waals surface area contributed by atoms with E-state index in [1.165, 1.54) is 23.3 Å². The first-order chi connectivity index (χ1) is 11.6. The fourth-order valence-corrected chi connectivity index (χ4v) is 2.35. The summed E-state index contributed by atoms with van der Waals surface area (Å²) in [5.74, 6) is 0.271. The second kappa shape index (κ2) is 7.14. The SMILES string of the molecule is O=C(Nc1ccc(O)c(Cl)c1)N(Cc1ccccc1)C1=COCO1. The fraction of sp³-hybridized carbons (Fsp3) is 0.118. The molecule has 3 rings (SSSR count). The highest BCUT2D eigenvalue weighted by Crippen LogP contribution is 2.27. The van der Waals surface area contributed by atoms with E-state index in [1.807, 2.05) is 30.3 Å². The van der Waals surface area contributed by atoms with Crippen LogP contribution in [0.2, 0.25) is 5.02 Å². The highest BCUT2D eigenvalue weighted by atomic mass is 35.5. The molecule has 2 aromatic carbocycles. The van der Waals surface area contributed by atoms with Crippen LogP contribution in [0.1, 0.15) is 5.56 Å². The molecular formula is C17H15ClN2O4. The van der Waals surface area contributed by atoms with Gasteiger partial charge in [-0.15, -0.1) is 0 Å². The van der Waals surface area contributed by atoms with Crippen molar-refractivity contribution in [2.75, 3.05) is 12.1 Å². The van der Waals surface area contributed by atoms with Crippen molar-refractivity contribution >= 4 is 23.3 Å². The topological polar surface area (TPSA) is 71.0 Å². The number of urea groups is 1. The minimum Gasteiger partial charge on any atom is -0.506 e. The van der Waals surface area contributed by atoms with Crippen molar-refractivity contribution in [1.29, 1.82) is 0 Å². The zero-order valence-electron chi connectivity index (χ0n) is 12.6. The number of carbonyl (C=O) groups excluding carboxylic acids is 1. The van der Waals surface area contributed by atoms with Crippen molar-refractivity contribution in [3.63, 3.8) is 0 Å². The van der Waals surface area contributed by atoms with Gasteiger partial charge in [0.1, 0.15) is 12.0 Å². The molecule has 0 fully saturated rings. The van der Waals surface area contributed by atoms with E-state index in [0.29, 0.717) is 18.1 Å². The average molecular weight is 347 g/mol. The number of hydrogen-bond donors (Lipinski definition) is 2. The third-order valence-electron chi connectivity index (χ3n) is 3.35. The summed E-state index contributed by atoms with van der Waals surface area (Å²) in [6.07, 6.45) is 1.40. The van der Waals surface area contributed by atoms with E-state index < -0.39 is 6.03 Å². The van der Waals surface area contributed by atoms with Crippen LogP contribution in [0.4, 0.5) is 10.5 Å². The second-order valence-electron chi connectivity index (χ2n) is 5.05. The first-order valence-electron chi connectivity index (χ1n) is 7.19. The van der Waals surface area contributed by atoms with Crippen LogP contribution in [-0.2, 0) is 16.0 Å².